The van der Waals surface area contributed by atoms with Crippen molar-refractivity contribution in [1.29, 1.82) is 0 Å². The number of carbonyl (C=O) groups is 2. The number of benzene rings is 1. The summed E-state index contributed by atoms with van der Waals surface area (Å²) in [6.07, 6.45) is 8.19. The first kappa shape index (κ1) is 21.3. The van der Waals surface area contributed by atoms with Gasteiger partial charge in [0, 0.05) is 23.1 Å². The number of ether oxygens (including phenoxy) is 2. The van der Waals surface area contributed by atoms with Crippen LogP contribution < -0.4 is 10.7 Å². The summed E-state index contributed by atoms with van der Waals surface area (Å²) >= 11 is 0. The summed E-state index contributed by atoms with van der Waals surface area (Å²) in [6.45, 7) is 6.00. The average molecular weight is 447 g/mol. The number of nitrogens with one attached hydrogen (secondary N) is 2. The van der Waals surface area contributed by atoms with Crippen LogP contribution in [0.2, 0.25) is 0 Å². The van der Waals surface area contributed by atoms with Gasteiger partial charge in [-0.25, -0.2) is 15.0 Å². The van der Waals surface area contributed by atoms with E-state index in [0.717, 1.165) is 29.3 Å². The lowest BCUT2D eigenvalue weighted by molar-refractivity contribution is -0.140. The largest absolute Gasteiger partial charge is 0.455 e. The second-order valence-corrected chi connectivity index (χ2v) is 8.91. The van der Waals surface area contributed by atoms with Gasteiger partial charge in [0.25, 0.3) is 0 Å². The van der Waals surface area contributed by atoms with E-state index in [1.165, 1.54) is 0 Å². The van der Waals surface area contributed by atoms with Crippen molar-refractivity contribution in [2.45, 2.75) is 50.4 Å². The van der Waals surface area contributed by atoms with Crippen molar-refractivity contribution in [3.05, 3.63) is 60.3 Å². The van der Waals surface area contributed by atoms with Gasteiger partial charge in [-0.1, -0.05) is 18.7 Å². The number of hydrazone groups is 1. The van der Waals surface area contributed by atoms with Crippen molar-refractivity contribution >= 4 is 34.8 Å². The highest BCUT2D eigenvalue weighted by molar-refractivity contribution is 6.00. The number of pyridine rings is 1. The van der Waals surface area contributed by atoms with Crippen LogP contribution in [0, 0.1) is 5.92 Å². The Bertz CT molecular complexity index is 1180. The number of hydrogen-bond donors (Lipinski definition) is 2. The molecule has 1 aromatic carbocycles. The van der Waals surface area contributed by atoms with Crippen LogP contribution in [0.5, 0.6) is 0 Å². The molecule has 1 aromatic heterocycles. The number of carbonyl (C=O) groups excluding carboxylic acids is 2. The van der Waals surface area contributed by atoms with E-state index in [1.54, 1.807) is 12.4 Å². The summed E-state index contributed by atoms with van der Waals surface area (Å²) in [6, 6.07) is 8.84. The smallest absolute Gasteiger partial charge is 0.339 e. The van der Waals surface area contributed by atoms with E-state index in [0.29, 0.717) is 24.1 Å². The van der Waals surface area contributed by atoms with E-state index in [9.17, 15) is 9.59 Å². The number of nitrogens with zero attached hydrogens (tertiary/aromatic N) is 2. The molecule has 170 valence electrons. The first-order valence-corrected chi connectivity index (χ1v) is 11.1. The summed E-state index contributed by atoms with van der Waals surface area (Å²) in [5.74, 6) is -0.404. The Balaban J connectivity index is 1.24. The molecule has 2 fully saturated rings. The molecule has 8 nitrogen and oxygen atoms in total. The Kier molecular flexibility index (Phi) is 5.46. The molecule has 0 spiro atoms. The SMILES string of the molecule is C=C1C(=O)O[C@H]2[C@H]1CCC(/C=N/NC(=O)Nc1cccc3ncccc13)=C\CC[C@@]1(C)O[C@@H]21. The molecule has 0 bridgehead atoms. The molecule has 0 radical (unpaired) electrons. The molecular formula is C25H26N4O4. The quantitative estimate of drug-likeness (QED) is 0.243. The van der Waals surface area contributed by atoms with Crippen molar-refractivity contribution < 1.29 is 19.1 Å². The minimum absolute atomic E-state index is 0.0658. The number of rotatable bonds is 3. The fourth-order valence-electron chi connectivity index (χ4n) is 4.74. The molecule has 2 amide bonds. The van der Waals surface area contributed by atoms with Gasteiger partial charge in [-0.3, -0.25) is 4.98 Å². The topological polar surface area (TPSA) is 105 Å². The first-order valence-electron chi connectivity index (χ1n) is 11.1. The minimum Gasteiger partial charge on any atom is -0.455 e. The highest BCUT2D eigenvalue weighted by Crippen LogP contribution is 2.49. The third-order valence-electron chi connectivity index (χ3n) is 6.67. The molecule has 0 saturated carbocycles. The molecule has 33 heavy (non-hydrogen) atoms. The van der Waals surface area contributed by atoms with Gasteiger partial charge in [0.15, 0.2) is 0 Å². The summed E-state index contributed by atoms with van der Waals surface area (Å²) in [7, 11) is 0. The minimum atomic E-state index is -0.437. The van der Waals surface area contributed by atoms with Crippen LogP contribution in [0.15, 0.2) is 65.4 Å². The van der Waals surface area contributed by atoms with Crippen LogP contribution in [0.1, 0.15) is 32.6 Å². The van der Waals surface area contributed by atoms with Crippen molar-refractivity contribution in [1.82, 2.24) is 10.4 Å². The van der Waals surface area contributed by atoms with Gasteiger partial charge < -0.3 is 14.8 Å². The second kappa shape index (κ2) is 8.44. The Morgan fingerprint density at radius 2 is 2.21 bits per heavy atom. The van der Waals surface area contributed by atoms with Crippen LogP contribution >= 0.6 is 0 Å². The van der Waals surface area contributed by atoms with E-state index in [-0.39, 0.29) is 29.7 Å². The number of fused-ring (bicyclic) bond motifs is 4. The predicted octanol–water partition coefficient (Wildman–Crippen LogP) is 4.10. The lowest BCUT2D eigenvalue weighted by Crippen LogP contribution is -2.29. The first-order chi connectivity index (χ1) is 15.9. The van der Waals surface area contributed by atoms with Crippen molar-refractivity contribution in [3.8, 4) is 0 Å². The van der Waals surface area contributed by atoms with E-state index >= 15 is 0 Å². The van der Waals surface area contributed by atoms with Crippen LogP contribution in [0.4, 0.5) is 10.5 Å². The molecule has 2 aliphatic heterocycles. The maximum Gasteiger partial charge on any atom is 0.339 e. The number of aromatic nitrogens is 1. The Morgan fingerprint density at radius 1 is 1.33 bits per heavy atom. The molecule has 2 saturated heterocycles. The lowest BCUT2D eigenvalue weighted by Gasteiger charge is -2.19. The van der Waals surface area contributed by atoms with Gasteiger partial charge in [0.2, 0.25) is 0 Å². The van der Waals surface area contributed by atoms with E-state index < -0.39 is 6.03 Å². The fourth-order valence-corrected chi connectivity index (χ4v) is 4.74. The highest BCUT2D eigenvalue weighted by Gasteiger charge is 2.61. The molecule has 4 atom stereocenters. The molecule has 3 aliphatic rings. The van der Waals surface area contributed by atoms with Gasteiger partial charge in [0.1, 0.15) is 12.2 Å². The lowest BCUT2D eigenvalue weighted by atomic mass is 9.84. The van der Waals surface area contributed by atoms with E-state index in [1.807, 2.05) is 30.3 Å². The van der Waals surface area contributed by atoms with E-state index in [4.69, 9.17) is 9.47 Å². The number of amides is 2. The van der Waals surface area contributed by atoms with Gasteiger partial charge in [-0.15, -0.1) is 0 Å². The van der Waals surface area contributed by atoms with E-state index in [2.05, 4.69) is 40.4 Å². The highest BCUT2D eigenvalue weighted by atomic mass is 16.6. The molecule has 8 heteroatoms. The maximum absolute atomic E-state index is 12.4. The predicted molar refractivity (Wildman–Crippen MR) is 125 cm³/mol. The summed E-state index contributed by atoms with van der Waals surface area (Å²) < 4.78 is 11.5. The summed E-state index contributed by atoms with van der Waals surface area (Å²) in [5.41, 5.74) is 5.21. The zero-order chi connectivity index (χ0) is 23.0. The van der Waals surface area contributed by atoms with Gasteiger partial charge in [-0.05, 0) is 62.4 Å². The second-order valence-electron chi connectivity index (χ2n) is 8.91. The Labute approximate surface area is 191 Å². The monoisotopic (exact) mass is 446 g/mol. The van der Waals surface area contributed by atoms with Gasteiger partial charge in [0.05, 0.1) is 23.0 Å². The number of hydrogen-bond acceptors (Lipinski definition) is 6. The number of allylic oxidation sites excluding steroid dienone is 2. The zero-order valence-electron chi connectivity index (χ0n) is 18.4. The maximum atomic E-state index is 12.4. The number of esters is 1. The molecule has 0 unspecified atom stereocenters. The normalized spacial score (nSPS) is 30.7. The molecular weight excluding hydrogens is 420 g/mol. The third kappa shape index (κ3) is 4.26. The molecule has 3 heterocycles. The van der Waals surface area contributed by atoms with Crippen LogP contribution in [0.25, 0.3) is 10.9 Å². The molecule has 1 aliphatic carbocycles. The number of urea groups is 1. The van der Waals surface area contributed by atoms with Crippen LogP contribution in [0.3, 0.4) is 0 Å². The Morgan fingerprint density at radius 3 is 3.09 bits per heavy atom. The number of anilines is 1. The fraction of sp³-hybridized carbons (Fsp3) is 0.360. The third-order valence-corrected chi connectivity index (χ3v) is 6.67. The Hall–Kier alpha value is -3.52. The molecule has 2 aromatic rings. The van der Waals surface area contributed by atoms with Gasteiger partial charge in [-0.2, -0.15) is 5.10 Å². The van der Waals surface area contributed by atoms with Crippen LogP contribution in [-0.2, 0) is 14.3 Å². The molecule has 2 N–H and O–H groups in total. The molecule has 5 rings (SSSR count). The standard InChI is InChI=1S/C25H26N4O4/c1-15-17-11-10-16(6-4-12-25(2)22(33-25)21(17)32-23(15)30)14-27-29-24(31)28-20-9-3-8-19-18(20)7-5-13-26-19/h3,5-9,13-14,17,21-22H,1,4,10-12H2,2H3,(H2,28,29,31)/b16-6+,27-14+/t17-,21-,22-,25+/m0/s1. The van der Waals surface area contributed by atoms with Crippen molar-refractivity contribution in [3.63, 3.8) is 0 Å². The average Bonchev–Trinajstić information content (AvgIpc) is 3.39. The summed E-state index contributed by atoms with van der Waals surface area (Å²) in [4.78, 5) is 28.8. The summed E-state index contributed by atoms with van der Waals surface area (Å²) in [5, 5.41) is 7.81. The number of epoxide rings is 1. The van der Waals surface area contributed by atoms with Crippen LogP contribution in [-0.4, -0.2) is 41.0 Å². The van der Waals surface area contributed by atoms with Crippen molar-refractivity contribution in [2.24, 2.45) is 11.0 Å². The van der Waals surface area contributed by atoms with Gasteiger partial charge >= 0.3 is 12.0 Å². The zero-order valence-corrected chi connectivity index (χ0v) is 18.4. The van der Waals surface area contributed by atoms with Crippen molar-refractivity contribution in [2.75, 3.05) is 5.32 Å².